The first kappa shape index (κ1) is 22.6. The molecule has 0 aliphatic heterocycles. The van der Waals surface area contributed by atoms with Crippen LogP contribution in [-0.2, 0) is 11.0 Å². The third kappa shape index (κ3) is 5.64. The van der Waals surface area contributed by atoms with Crippen LogP contribution in [0.25, 0.3) is 0 Å². The summed E-state index contributed by atoms with van der Waals surface area (Å²) in [7, 11) is 0. The van der Waals surface area contributed by atoms with Crippen molar-refractivity contribution in [1.82, 2.24) is 0 Å². The SMILES string of the molecule is CC(O)(CSc1ccc(F)c(F)c1)C(=O)Nc1ccc([N+](=O)[O-])cc1C(F)(F)F. The molecule has 0 aromatic heterocycles. The highest BCUT2D eigenvalue weighted by atomic mass is 32.2. The van der Waals surface area contributed by atoms with E-state index < -0.39 is 56.9 Å². The van der Waals surface area contributed by atoms with Crippen LogP contribution in [0, 0.1) is 21.7 Å². The number of rotatable bonds is 6. The van der Waals surface area contributed by atoms with E-state index in [1.54, 1.807) is 0 Å². The molecule has 2 aromatic carbocycles. The number of thioether (sulfide) groups is 1. The number of amides is 1. The lowest BCUT2D eigenvalue weighted by molar-refractivity contribution is -0.385. The maximum atomic E-state index is 13.2. The summed E-state index contributed by atoms with van der Waals surface area (Å²) in [5.74, 6) is -3.83. The number of anilines is 1. The van der Waals surface area contributed by atoms with E-state index >= 15 is 0 Å². The van der Waals surface area contributed by atoms with Gasteiger partial charge in [0.05, 0.1) is 16.2 Å². The van der Waals surface area contributed by atoms with Crippen LogP contribution in [0.2, 0.25) is 0 Å². The summed E-state index contributed by atoms with van der Waals surface area (Å²) in [4.78, 5) is 22.1. The van der Waals surface area contributed by atoms with Crippen LogP contribution < -0.4 is 5.32 Å². The van der Waals surface area contributed by atoms with Crippen molar-refractivity contribution in [1.29, 1.82) is 0 Å². The fourth-order valence-corrected chi connectivity index (χ4v) is 3.03. The predicted octanol–water partition coefficient (Wildman–Crippen LogP) is 4.37. The molecule has 0 aliphatic carbocycles. The van der Waals surface area contributed by atoms with E-state index in [0.717, 1.165) is 36.9 Å². The van der Waals surface area contributed by atoms with Crippen molar-refractivity contribution in [2.45, 2.75) is 23.6 Å². The predicted molar refractivity (Wildman–Crippen MR) is 94.4 cm³/mol. The minimum absolute atomic E-state index is 0.184. The minimum atomic E-state index is -5.00. The minimum Gasteiger partial charge on any atom is -0.379 e. The van der Waals surface area contributed by atoms with Gasteiger partial charge in [0.15, 0.2) is 11.6 Å². The summed E-state index contributed by atoms with van der Waals surface area (Å²) in [6.45, 7) is 1.02. The van der Waals surface area contributed by atoms with Crippen LogP contribution in [0.4, 0.5) is 33.3 Å². The number of carbonyl (C=O) groups is 1. The number of hydrogen-bond donors (Lipinski definition) is 2. The van der Waals surface area contributed by atoms with Crippen molar-refractivity contribution in [3.8, 4) is 0 Å². The van der Waals surface area contributed by atoms with E-state index in [0.29, 0.717) is 6.07 Å². The molecule has 2 N–H and O–H groups in total. The van der Waals surface area contributed by atoms with E-state index in [-0.39, 0.29) is 11.0 Å². The van der Waals surface area contributed by atoms with Gasteiger partial charge in [0.25, 0.3) is 11.6 Å². The van der Waals surface area contributed by atoms with Gasteiger partial charge in [-0.05, 0) is 31.2 Å². The van der Waals surface area contributed by atoms with Gasteiger partial charge in [-0.3, -0.25) is 14.9 Å². The molecule has 1 atom stereocenters. The monoisotopic (exact) mass is 436 g/mol. The van der Waals surface area contributed by atoms with Gasteiger partial charge in [-0.1, -0.05) is 0 Å². The highest BCUT2D eigenvalue weighted by Gasteiger charge is 2.37. The molecule has 0 heterocycles. The lowest BCUT2D eigenvalue weighted by Crippen LogP contribution is -2.42. The molecule has 2 aromatic rings. The largest absolute Gasteiger partial charge is 0.418 e. The van der Waals surface area contributed by atoms with Crippen LogP contribution in [0.15, 0.2) is 41.3 Å². The highest BCUT2D eigenvalue weighted by molar-refractivity contribution is 7.99. The van der Waals surface area contributed by atoms with Crippen LogP contribution >= 0.6 is 11.8 Å². The zero-order valence-corrected chi connectivity index (χ0v) is 15.4. The first-order valence-corrected chi connectivity index (χ1v) is 8.77. The van der Waals surface area contributed by atoms with Gasteiger partial charge in [-0.25, -0.2) is 8.78 Å². The third-order valence-corrected chi connectivity index (χ3v) is 4.96. The summed E-state index contributed by atoms with van der Waals surface area (Å²) in [6.07, 6.45) is -5.00. The van der Waals surface area contributed by atoms with Gasteiger partial charge in [0, 0.05) is 22.8 Å². The number of hydrogen-bond acceptors (Lipinski definition) is 5. The van der Waals surface area contributed by atoms with E-state index in [2.05, 4.69) is 0 Å². The lowest BCUT2D eigenvalue weighted by Gasteiger charge is -2.23. The fraction of sp³-hybridized carbons (Fsp3) is 0.235. The number of alkyl halides is 3. The number of nitro benzene ring substituents is 1. The average molecular weight is 436 g/mol. The van der Waals surface area contributed by atoms with Crippen LogP contribution in [0.3, 0.4) is 0 Å². The molecule has 0 aliphatic rings. The molecule has 29 heavy (non-hydrogen) atoms. The Morgan fingerprint density at radius 1 is 1.17 bits per heavy atom. The van der Waals surface area contributed by atoms with Crippen molar-refractivity contribution in [2.75, 3.05) is 11.1 Å². The van der Waals surface area contributed by atoms with E-state index in [9.17, 15) is 42.0 Å². The summed E-state index contributed by atoms with van der Waals surface area (Å²) < 4.78 is 65.6. The molecule has 1 unspecified atom stereocenters. The van der Waals surface area contributed by atoms with Crippen molar-refractivity contribution in [2.24, 2.45) is 0 Å². The molecule has 0 spiro atoms. The van der Waals surface area contributed by atoms with Crippen LogP contribution in [0.1, 0.15) is 12.5 Å². The Morgan fingerprint density at radius 3 is 2.38 bits per heavy atom. The van der Waals surface area contributed by atoms with E-state index in [4.69, 9.17) is 0 Å². The summed E-state index contributed by atoms with van der Waals surface area (Å²) in [6, 6.07) is 4.63. The highest BCUT2D eigenvalue weighted by Crippen LogP contribution is 2.37. The summed E-state index contributed by atoms with van der Waals surface area (Å²) >= 11 is 0.776. The smallest absolute Gasteiger partial charge is 0.379 e. The first-order valence-electron chi connectivity index (χ1n) is 7.78. The number of nitro groups is 1. The van der Waals surface area contributed by atoms with Crippen LogP contribution in [0.5, 0.6) is 0 Å². The number of nitrogens with zero attached hydrogens (tertiary/aromatic N) is 1. The van der Waals surface area contributed by atoms with E-state index in [1.807, 2.05) is 5.32 Å². The second-order valence-corrected chi connectivity index (χ2v) is 7.13. The number of carbonyl (C=O) groups excluding carboxylic acids is 1. The molecule has 12 heteroatoms. The standard InChI is InChI=1S/C17H13F5N2O4S/c1-16(26,8-29-10-3-4-12(18)13(19)7-10)15(25)23-14-5-2-9(24(27)28)6-11(14)17(20,21)22/h2-7,26H,8H2,1H3,(H,23,25). The maximum absolute atomic E-state index is 13.2. The van der Waals surface area contributed by atoms with Crippen molar-refractivity contribution < 1.29 is 36.8 Å². The molecular formula is C17H13F5N2O4S. The molecule has 1 amide bonds. The maximum Gasteiger partial charge on any atom is 0.418 e. The fourth-order valence-electron chi connectivity index (χ4n) is 2.10. The molecular weight excluding hydrogens is 423 g/mol. The zero-order chi connectivity index (χ0) is 22.0. The third-order valence-electron chi connectivity index (χ3n) is 3.67. The lowest BCUT2D eigenvalue weighted by atomic mass is 10.1. The summed E-state index contributed by atoms with van der Waals surface area (Å²) in [5, 5.41) is 22.9. The molecule has 156 valence electrons. The molecule has 0 radical (unpaired) electrons. The van der Waals surface area contributed by atoms with Gasteiger partial charge in [0.2, 0.25) is 0 Å². The topological polar surface area (TPSA) is 92.5 Å². The molecule has 0 fully saturated rings. The Morgan fingerprint density at radius 2 is 1.83 bits per heavy atom. The van der Waals surface area contributed by atoms with Gasteiger partial charge >= 0.3 is 6.18 Å². The Bertz CT molecular complexity index is 950. The number of halogens is 5. The number of nitrogens with one attached hydrogen (secondary N) is 1. The quantitative estimate of drug-likeness (QED) is 0.304. The molecule has 0 saturated heterocycles. The molecule has 0 saturated carbocycles. The molecule has 6 nitrogen and oxygen atoms in total. The van der Waals surface area contributed by atoms with Crippen molar-refractivity contribution >= 4 is 29.0 Å². The van der Waals surface area contributed by atoms with E-state index in [1.165, 1.54) is 6.07 Å². The Labute approximate surface area is 164 Å². The Kier molecular flexibility index (Phi) is 6.48. The number of non-ortho nitro benzene ring substituents is 1. The zero-order valence-electron chi connectivity index (χ0n) is 14.6. The Hall–Kier alpha value is -2.73. The van der Waals surface area contributed by atoms with Crippen molar-refractivity contribution in [3.63, 3.8) is 0 Å². The summed E-state index contributed by atoms with van der Waals surface area (Å²) in [5.41, 5.74) is -5.24. The van der Waals surface area contributed by atoms with Crippen LogP contribution in [-0.4, -0.2) is 27.3 Å². The second-order valence-electron chi connectivity index (χ2n) is 6.08. The first-order chi connectivity index (χ1) is 13.3. The normalized spacial score (nSPS) is 13.6. The number of benzene rings is 2. The number of aliphatic hydroxyl groups is 1. The molecule has 2 rings (SSSR count). The van der Waals surface area contributed by atoms with Gasteiger partial charge < -0.3 is 10.4 Å². The van der Waals surface area contributed by atoms with Gasteiger partial charge in [-0.15, -0.1) is 11.8 Å². The second kappa shape index (κ2) is 8.33. The molecule has 0 bridgehead atoms. The Balaban J connectivity index is 2.19. The average Bonchev–Trinajstić information content (AvgIpc) is 2.62. The van der Waals surface area contributed by atoms with Crippen molar-refractivity contribution in [3.05, 3.63) is 63.7 Å². The van der Waals surface area contributed by atoms with Gasteiger partial charge in [0.1, 0.15) is 5.60 Å². The van der Waals surface area contributed by atoms with Gasteiger partial charge in [-0.2, -0.15) is 13.2 Å².